The normalized spacial score (nSPS) is 14.0. The van der Waals surface area contributed by atoms with Crippen molar-refractivity contribution < 1.29 is 23.0 Å². The lowest BCUT2D eigenvalue weighted by Crippen LogP contribution is -2.22. The highest BCUT2D eigenvalue weighted by molar-refractivity contribution is 6.00. The first-order valence-corrected chi connectivity index (χ1v) is 7.48. The number of nitrogen functional groups attached to an aromatic ring is 1. The summed E-state index contributed by atoms with van der Waals surface area (Å²) in [5, 5.41) is -0.275. The summed E-state index contributed by atoms with van der Waals surface area (Å²) in [4.78, 5) is 24.7. The van der Waals surface area contributed by atoms with E-state index in [-0.39, 0.29) is 29.1 Å². The third-order valence-electron chi connectivity index (χ3n) is 3.99. The Morgan fingerprint density at radius 1 is 1.38 bits per heavy atom. The summed E-state index contributed by atoms with van der Waals surface area (Å²) in [5.41, 5.74) is 3.97. The summed E-state index contributed by atoms with van der Waals surface area (Å²) >= 11 is 0. The number of carbonyl (C=O) groups is 1. The Hall–Kier alpha value is -2.64. The van der Waals surface area contributed by atoms with Gasteiger partial charge in [0.15, 0.2) is 11.6 Å². The first kappa shape index (κ1) is 16.2. The molecule has 1 aliphatic carbocycles. The summed E-state index contributed by atoms with van der Waals surface area (Å²) in [6.07, 6.45) is 2.87. The van der Waals surface area contributed by atoms with Gasteiger partial charge in [0.1, 0.15) is 11.1 Å². The van der Waals surface area contributed by atoms with Crippen molar-refractivity contribution in [2.45, 2.75) is 25.8 Å². The van der Waals surface area contributed by atoms with E-state index in [9.17, 15) is 18.4 Å². The Kier molecular flexibility index (Phi) is 3.90. The maximum atomic E-state index is 14.2. The highest BCUT2D eigenvalue weighted by atomic mass is 19.2. The number of pyridine rings is 1. The second-order valence-electron chi connectivity index (χ2n) is 5.53. The van der Waals surface area contributed by atoms with E-state index in [1.54, 1.807) is 11.5 Å². The molecule has 1 saturated carbocycles. The van der Waals surface area contributed by atoms with Gasteiger partial charge in [0.25, 0.3) is 0 Å². The molecule has 2 aromatic rings. The first-order chi connectivity index (χ1) is 11.4. The summed E-state index contributed by atoms with van der Waals surface area (Å²) in [7, 11) is 1.18. The third-order valence-corrected chi connectivity index (χ3v) is 3.99. The van der Waals surface area contributed by atoms with Gasteiger partial charge in [0.05, 0.1) is 24.8 Å². The number of nitrogens with two attached hydrogens (primary N) is 1. The highest BCUT2D eigenvalue weighted by Gasteiger charge is 2.32. The quantitative estimate of drug-likeness (QED) is 0.683. The SMILES string of the molecule is CCOC(=O)c1cn(C2CC2)c2c(OC)c(F)c(F)c(N)c2c1=O. The number of rotatable bonds is 4. The number of methoxy groups -OCH3 is 1. The summed E-state index contributed by atoms with van der Waals surface area (Å²) in [6.45, 7) is 1.68. The molecule has 0 amide bonds. The second kappa shape index (κ2) is 5.77. The van der Waals surface area contributed by atoms with E-state index in [4.69, 9.17) is 15.2 Å². The zero-order valence-corrected chi connectivity index (χ0v) is 13.2. The largest absolute Gasteiger partial charge is 0.491 e. The molecule has 0 atom stereocenters. The van der Waals surface area contributed by atoms with Gasteiger partial charge in [0.2, 0.25) is 11.2 Å². The predicted molar refractivity (Wildman–Crippen MR) is 83.3 cm³/mol. The Balaban J connectivity index is 2.48. The van der Waals surface area contributed by atoms with Gasteiger partial charge in [-0.3, -0.25) is 4.79 Å². The van der Waals surface area contributed by atoms with Crippen LogP contribution in [0.2, 0.25) is 0 Å². The van der Waals surface area contributed by atoms with Crippen molar-refractivity contribution in [3.05, 3.63) is 33.6 Å². The van der Waals surface area contributed by atoms with Crippen molar-refractivity contribution in [3.8, 4) is 5.75 Å². The number of nitrogens with zero attached hydrogens (tertiary/aromatic N) is 1. The molecule has 0 saturated heterocycles. The van der Waals surface area contributed by atoms with Gasteiger partial charge in [0, 0.05) is 12.2 Å². The van der Waals surface area contributed by atoms with Crippen molar-refractivity contribution >= 4 is 22.6 Å². The molecule has 0 aliphatic heterocycles. The molecule has 0 unspecified atom stereocenters. The van der Waals surface area contributed by atoms with Crippen LogP contribution in [-0.2, 0) is 4.74 Å². The van der Waals surface area contributed by atoms with Crippen LogP contribution < -0.4 is 15.9 Å². The van der Waals surface area contributed by atoms with Gasteiger partial charge in [-0.1, -0.05) is 0 Å². The number of benzene rings is 1. The van der Waals surface area contributed by atoms with Crippen molar-refractivity contribution in [1.29, 1.82) is 0 Å². The van der Waals surface area contributed by atoms with Crippen molar-refractivity contribution in [2.75, 3.05) is 19.5 Å². The van der Waals surface area contributed by atoms with Crippen molar-refractivity contribution in [2.24, 2.45) is 0 Å². The Labute approximate surface area is 135 Å². The smallest absolute Gasteiger partial charge is 0.343 e. The van der Waals surface area contributed by atoms with Crippen LogP contribution in [0, 0.1) is 11.6 Å². The van der Waals surface area contributed by atoms with Gasteiger partial charge in [-0.25, -0.2) is 9.18 Å². The Morgan fingerprint density at radius 2 is 2.04 bits per heavy atom. The number of hydrogen-bond donors (Lipinski definition) is 1. The van der Waals surface area contributed by atoms with Gasteiger partial charge in [-0.05, 0) is 19.8 Å². The van der Waals surface area contributed by atoms with Crippen molar-refractivity contribution in [3.63, 3.8) is 0 Å². The van der Waals surface area contributed by atoms with Crippen LogP contribution in [0.15, 0.2) is 11.0 Å². The number of carbonyl (C=O) groups excluding carboxylic acids is 1. The van der Waals surface area contributed by atoms with E-state index < -0.39 is 34.5 Å². The molecule has 24 heavy (non-hydrogen) atoms. The van der Waals surface area contributed by atoms with E-state index in [0.29, 0.717) is 0 Å². The maximum Gasteiger partial charge on any atom is 0.343 e. The number of halogens is 2. The molecular weight excluding hydrogens is 322 g/mol. The molecule has 1 heterocycles. The van der Waals surface area contributed by atoms with Crippen LogP contribution in [0.5, 0.6) is 5.75 Å². The fraction of sp³-hybridized carbons (Fsp3) is 0.375. The molecule has 128 valence electrons. The monoisotopic (exact) mass is 338 g/mol. The van der Waals surface area contributed by atoms with E-state index in [1.807, 2.05) is 0 Å². The van der Waals surface area contributed by atoms with Crippen LogP contribution in [-0.4, -0.2) is 24.3 Å². The summed E-state index contributed by atoms with van der Waals surface area (Å²) in [5.74, 6) is -3.88. The Morgan fingerprint density at radius 3 is 2.58 bits per heavy atom. The summed E-state index contributed by atoms with van der Waals surface area (Å²) < 4.78 is 39.6. The lowest BCUT2D eigenvalue weighted by atomic mass is 10.1. The first-order valence-electron chi connectivity index (χ1n) is 7.48. The fourth-order valence-corrected chi connectivity index (χ4v) is 2.73. The summed E-state index contributed by atoms with van der Waals surface area (Å²) in [6, 6.07) is -0.0422. The van der Waals surface area contributed by atoms with Crippen molar-refractivity contribution in [1.82, 2.24) is 4.57 Å². The molecule has 6 nitrogen and oxygen atoms in total. The number of aromatic nitrogens is 1. The molecule has 3 rings (SSSR count). The molecule has 1 aromatic heterocycles. The third kappa shape index (κ3) is 2.29. The van der Waals surface area contributed by atoms with E-state index in [2.05, 4.69) is 0 Å². The van der Waals surface area contributed by atoms with E-state index in [0.717, 1.165) is 12.8 Å². The molecule has 2 N–H and O–H groups in total. The van der Waals surface area contributed by atoms with E-state index in [1.165, 1.54) is 13.3 Å². The van der Waals surface area contributed by atoms with Crippen LogP contribution in [0.25, 0.3) is 10.9 Å². The molecule has 0 radical (unpaired) electrons. The second-order valence-corrected chi connectivity index (χ2v) is 5.53. The number of ether oxygens (including phenoxy) is 2. The number of anilines is 1. The van der Waals surface area contributed by atoms with Crippen LogP contribution in [0.3, 0.4) is 0 Å². The highest BCUT2D eigenvalue weighted by Crippen LogP contribution is 2.42. The molecule has 1 aliphatic rings. The van der Waals surface area contributed by atoms with Gasteiger partial charge >= 0.3 is 5.97 Å². The predicted octanol–water partition coefficient (Wildman–Crippen LogP) is 2.38. The molecule has 0 bridgehead atoms. The van der Waals surface area contributed by atoms with Gasteiger partial charge in [-0.15, -0.1) is 0 Å². The molecule has 1 fully saturated rings. The minimum Gasteiger partial charge on any atom is -0.491 e. The molecule has 0 spiro atoms. The van der Waals surface area contributed by atoms with Crippen LogP contribution in [0.1, 0.15) is 36.2 Å². The van der Waals surface area contributed by atoms with E-state index >= 15 is 0 Å². The maximum absolute atomic E-state index is 14.2. The molecule has 1 aromatic carbocycles. The molecular formula is C16H16F2N2O4. The fourth-order valence-electron chi connectivity index (χ4n) is 2.73. The van der Waals surface area contributed by atoms with Crippen LogP contribution >= 0.6 is 0 Å². The number of hydrogen-bond acceptors (Lipinski definition) is 5. The topological polar surface area (TPSA) is 83.6 Å². The van der Waals surface area contributed by atoms with Crippen LogP contribution in [0.4, 0.5) is 14.5 Å². The number of fused-ring (bicyclic) bond motifs is 1. The Bertz CT molecular complexity index is 904. The zero-order valence-electron chi connectivity index (χ0n) is 13.2. The minimum atomic E-state index is -1.38. The molecule has 8 heteroatoms. The lowest BCUT2D eigenvalue weighted by molar-refractivity contribution is 0.0524. The average molecular weight is 338 g/mol. The zero-order chi connectivity index (χ0) is 17.6. The minimum absolute atomic E-state index is 0.0422. The standard InChI is InChI=1S/C16H16F2N2O4/c1-3-24-16(22)8-6-20(7-4-5-7)13-9(14(8)21)12(19)10(17)11(18)15(13)23-2/h6-7H,3-5,19H2,1-2H3. The van der Waals surface area contributed by atoms with Gasteiger partial charge in [-0.2, -0.15) is 4.39 Å². The van der Waals surface area contributed by atoms with Gasteiger partial charge < -0.3 is 19.8 Å². The average Bonchev–Trinajstić information content (AvgIpc) is 3.38. The lowest BCUT2D eigenvalue weighted by Gasteiger charge is -2.17. The number of esters is 1.